The first-order chi connectivity index (χ1) is 11.3. The zero-order valence-corrected chi connectivity index (χ0v) is 14.9. The summed E-state index contributed by atoms with van der Waals surface area (Å²) in [6.45, 7) is 6.82. The number of methoxy groups -OCH3 is 1. The molecule has 1 aliphatic heterocycles. The van der Waals surface area contributed by atoms with Gasteiger partial charge in [-0.05, 0) is 37.7 Å². The summed E-state index contributed by atoms with van der Waals surface area (Å²) in [7, 11) is 1.30. The van der Waals surface area contributed by atoms with Crippen molar-refractivity contribution in [1.82, 2.24) is 9.88 Å². The third-order valence-electron chi connectivity index (χ3n) is 4.77. The number of Topliss-reactive ketones (excluding diaryl/α,β-unsaturated/α-hetero) is 1. The summed E-state index contributed by atoms with van der Waals surface area (Å²) in [5.41, 5.74) is 1.68. The van der Waals surface area contributed by atoms with E-state index in [-0.39, 0.29) is 18.1 Å². The van der Waals surface area contributed by atoms with E-state index in [1.807, 2.05) is 4.90 Å². The number of aromatic amines is 1. The molecule has 2 heterocycles. The van der Waals surface area contributed by atoms with E-state index in [9.17, 15) is 14.4 Å². The first-order valence-electron chi connectivity index (χ1n) is 8.43. The Balaban J connectivity index is 2.24. The molecule has 24 heavy (non-hydrogen) atoms. The molecule has 1 amide bonds. The van der Waals surface area contributed by atoms with Gasteiger partial charge in [-0.1, -0.05) is 6.92 Å². The molecule has 1 aromatic rings. The molecule has 1 fully saturated rings. The second-order valence-electron chi connectivity index (χ2n) is 6.62. The summed E-state index contributed by atoms with van der Waals surface area (Å²) in [5.74, 6) is -0.0837. The topological polar surface area (TPSA) is 79.5 Å². The zero-order valence-electron chi connectivity index (χ0n) is 14.9. The fourth-order valence-corrected chi connectivity index (χ4v) is 3.30. The van der Waals surface area contributed by atoms with E-state index in [1.165, 1.54) is 14.0 Å². The summed E-state index contributed by atoms with van der Waals surface area (Å²) in [6.07, 6.45) is 3.21. The van der Waals surface area contributed by atoms with Crippen LogP contribution in [0.15, 0.2) is 0 Å². The molecule has 0 spiro atoms. The van der Waals surface area contributed by atoms with Gasteiger partial charge in [0.05, 0.1) is 24.8 Å². The SMILES string of the molecule is COC(=O)c1c(CC(=O)N2CCCC(C)CC2)[nH]c(C(C)=O)c1C. The van der Waals surface area contributed by atoms with Gasteiger partial charge in [-0.25, -0.2) is 4.79 Å². The van der Waals surface area contributed by atoms with Crippen LogP contribution in [0, 0.1) is 12.8 Å². The Hall–Kier alpha value is -2.11. The average Bonchev–Trinajstić information content (AvgIpc) is 2.70. The van der Waals surface area contributed by atoms with Gasteiger partial charge in [0, 0.05) is 25.7 Å². The van der Waals surface area contributed by atoms with Crippen LogP contribution in [0.4, 0.5) is 0 Å². The maximum absolute atomic E-state index is 12.6. The monoisotopic (exact) mass is 334 g/mol. The van der Waals surface area contributed by atoms with Crippen LogP contribution < -0.4 is 0 Å². The molecule has 132 valence electrons. The number of carbonyl (C=O) groups is 3. The van der Waals surface area contributed by atoms with E-state index in [0.29, 0.717) is 28.4 Å². The van der Waals surface area contributed by atoms with Crippen LogP contribution in [0.25, 0.3) is 0 Å². The van der Waals surface area contributed by atoms with Gasteiger partial charge in [0.15, 0.2) is 5.78 Å². The van der Waals surface area contributed by atoms with Gasteiger partial charge in [-0.3, -0.25) is 9.59 Å². The Kier molecular flexibility index (Phi) is 5.80. The number of ketones is 1. The minimum Gasteiger partial charge on any atom is -0.465 e. The number of aromatic nitrogens is 1. The Bertz CT molecular complexity index is 648. The van der Waals surface area contributed by atoms with Crippen molar-refractivity contribution in [3.05, 3.63) is 22.5 Å². The number of esters is 1. The van der Waals surface area contributed by atoms with E-state index in [2.05, 4.69) is 11.9 Å². The number of likely N-dealkylation sites (tertiary alicyclic amines) is 1. The lowest BCUT2D eigenvalue weighted by molar-refractivity contribution is -0.130. The number of nitrogens with zero attached hydrogens (tertiary/aromatic N) is 1. The standard InChI is InChI=1S/C18H26N2O4/c1-11-6-5-8-20(9-7-11)15(22)10-14-16(18(23)24-4)12(2)17(19-14)13(3)21/h11,19H,5-10H2,1-4H3. The number of nitrogens with one attached hydrogen (secondary N) is 1. The summed E-state index contributed by atoms with van der Waals surface area (Å²) in [5, 5.41) is 0. The fourth-order valence-electron chi connectivity index (χ4n) is 3.30. The van der Waals surface area contributed by atoms with E-state index in [1.54, 1.807) is 6.92 Å². The van der Waals surface area contributed by atoms with Crippen LogP contribution in [0.3, 0.4) is 0 Å². The molecule has 6 nitrogen and oxygen atoms in total. The Morgan fingerprint density at radius 1 is 1.25 bits per heavy atom. The first-order valence-corrected chi connectivity index (χ1v) is 8.43. The van der Waals surface area contributed by atoms with E-state index < -0.39 is 5.97 Å². The zero-order chi connectivity index (χ0) is 17.9. The molecular weight excluding hydrogens is 308 g/mol. The van der Waals surface area contributed by atoms with Crippen LogP contribution in [-0.4, -0.2) is 47.7 Å². The molecule has 1 aromatic heterocycles. The number of ether oxygens (including phenoxy) is 1. The van der Waals surface area contributed by atoms with Crippen molar-refractivity contribution < 1.29 is 19.1 Å². The summed E-state index contributed by atoms with van der Waals surface area (Å²) in [4.78, 5) is 41.3. The van der Waals surface area contributed by atoms with Crippen molar-refractivity contribution in [2.45, 2.75) is 46.5 Å². The number of hydrogen-bond donors (Lipinski definition) is 1. The van der Waals surface area contributed by atoms with Gasteiger partial charge >= 0.3 is 5.97 Å². The van der Waals surface area contributed by atoms with E-state index in [4.69, 9.17) is 4.74 Å². The molecule has 1 aliphatic rings. The second kappa shape index (κ2) is 7.64. The third kappa shape index (κ3) is 3.86. The molecule has 2 rings (SSSR count). The Morgan fingerprint density at radius 3 is 2.58 bits per heavy atom. The van der Waals surface area contributed by atoms with Gasteiger partial charge in [0.1, 0.15) is 0 Å². The highest BCUT2D eigenvalue weighted by Crippen LogP contribution is 2.22. The minimum atomic E-state index is -0.525. The number of carbonyl (C=O) groups excluding carboxylic acids is 3. The maximum atomic E-state index is 12.6. The predicted octanol–water partition coefficient (Wildman–Crippen LogP) is 2.50. The number of rotatable bonds is 4. The molecular formula is C18H26N2O4. The van der Waals surface area contributed by atoms with Crippen LogP contribution in [0.5, 0.6) is 0 Å². The molecule has 0 aromatic carbocycles. The lowest BCUT2D eigenvalue weighted by Gasteiger charge is -2.20. The van der Waals surface area contributed by atoms with Crippen LogP contribution in [-0.2, 0) is 16.0 Å². The lowest BCUT2D eigenvalue weighted by atomic mass is 10.0. The molecule has 0 aliphatic carbocycles. The Labute approximate surface area is 142 Å². The molecule has 1 N–H and O–H groups in total. The average molecular weight is 334 g/mol. The van der Waals surface area contributed by atoms with Crippen LogP contribution in [0.2, 0.25) is 0 Å². The van der Waals surface area contributed by atoms with Crippen LogP contribution >= 0.6 is 0 Å². The lowest BCUT2D eigenvalue weighted by Crippen LogP contribution is -2.33. The number of hydrogen-bond acceptors (Lipinski definition) is 4. The van der Waals surface area contributed by atoms with Crippen molar-refractivity contribution in [3.8, 4) is 0 Å². The van der Waals surface area contributed by atoms with Crippen molar-refractivity contribution in [2.75, 3.05) is 20.2 Å². The molecule has 1 unspecified atom stereocenters. The normalized spacial score (nSPS) is 18.2. The molecule has 1 atom stereocenters. The smallest absolute Gasteiger partial charge is 0.339 e. The van der Waals surface area contributed by atoms with Gasteiger partial charge in [-0.15, -0.1) is 0 Å². The van der Waals surface area contributed by atoms with Gasteiger partial charge in [-0.2, -0.15) is 0 Å². The minimum absolute atomic E-state index is 0.0226. The van der Waals surface area contributed by atoms with Gasteiger partial charge in [0.25, 0.3) is 0 Å². The predicted molar refractivity (Wildman–Crippen MR) is 90.2 cm³/mol. The number of H-pyrrole nitrogens is 1. The fraction of sp³-hybridized carbons (Fsp3) is 0.611. The molecule has 6 heteroatoms. The molecule has 0 bridgehead atoms. The molecule has 0 saturated carbocycles. The highest BCUT2D eigenvalue weighted by atomic mass is 16.5. The highest BCUT2D eigenvalue weighted by Gasteiger charge is 2.26. The summed E-state index contributed by atoms with van der Waals surface area (Å²) in [6, 6.07) is 0. The van der Waals surface area contributed by atoms with Crippen molar-refractivity contribution in [1.29, 1.82) is 0 Å². The Morgan fingerprint density at radius 2 is 1.96 bits per heavy atom. The van der Waals surface area contributed by atoms with Gasteiger partial charge in [0.2, 0.25) is 5.91 Å². The van der Waals surface area contributed by atoms with E-state index >= 15 is 0 Å². The highest BCUT2D eigenvalue weighted by molar-refractivity contribution is 6.01. The first kappa shape index (κ1) is 18.2. The summed E-state index contributed by atoms with van der Waals surface area (Å²) >= 11 is 0. The van der Waals surface area contributed by atoms with Crippen molar-refractivity contribution in [3.63, 3.8) is 0 Å². The third-order valence-corrected chi connectivity index (χ3v) is 4.77. The summed E-state index contributed by atoms with van der Waals surface area (Å²) < 4.78 is 4.82. The van der Waals surface area contributed by atoms with Crippen molar-refractivity contribution in [2.24, 2.45) is 5.92 Å². The quantitative estimate of drug-likeness (QED) is 0.678. The molecule has 1 saturated heterocycles. The maximum Gasteiger partial charge on any atom is 0.339 e. The van der Waals surface area contributed by atoms with Crippen LogP contribution in [0.1, 0.15) is 65.2 Å². The molecule has 0 radical (unpaired) electrons. The number of amides is 1. The van der Waals surface area contributed by atoms with E-state index in [0.717, 1.165) is 32.4 Å². The largest absolute Gasteiger partial charge is 0.465 e. The van der Waals surface area contributed by atoms with Crippen molar-refractivity contribution >= 4 is 17.7 Å². The van der Waals surface area contributed by atoms with Gasteiger partial charge < -0.3 is 14.6 Å². The second-order valence-corrected chi connectivity index (χ2v) is 6.62.